The summed E-state index contributed by atoms with van der Waals surface area (Å²) >= 11 is 0. The Kier molecular flexibility index (Phi) is 3.38. The summed E-state index contributed by atoms with van der Waals surface area (Å²) in [6.07, 6.45) is 7.76. The molecule has 0 aliphatic rings. The number of nitrogens with zero attached hydrogens (tertiary/aromatic N) is 4. The molecule has 6 nitrogen and oxygen atoms in total. The lowest BCUT2D eigenvalue weighted by Crippen LogP contribution is -2.14. The summed E-state index contributed by atoms with van der Waals surface area (Å²) in [7, 11) is 0. The molecule has 1 amide bonds. The van der Waals surface area contributed by atoms with Crippen LogP contribution in [0, 0.1) is 5.82 Å². The van der Waals surface area contributed by atoms with E-state index in [1.807, 2.05) is 0 Å². The van der Waals surface area contributed by atoms with Crippen molar-refractivity contribution in [3.8, 4) is 5.95 Å². The third kappa shape index (κ3) is 2.76. The van der Waals surface area contributed by atoms with Gasteiger partial charge < -0.3 is 5.32 Å². The number of amides is 1. The second-order valence-electron chi connectivity index (χ2n) is 4.18. The maximum absolute atomic E-state index is 13.5. The lowest BCUT2D eigenvalue weighted by Gasteiger charge is -2.06. The molecule has 0 saturated heterocycles. The monoisotopic (exact) mass is 283 g/mol. The number of carbonyl (C=O) groups excluding carboxylic acids is 1. The van der Waals surface area contributed by atoms with Gasteiger partial charge in [0.1, 0.15) is 12.1 Å². The summed E-state index contributed by atoms with van der Waals surface area (Å²) in [6.45, 7) is 0. The first-order chi connectivity index (χ1) is 10.2. The van der Waals surface area contributed by atoms with Gasteiger partial charge in [-0.25, -0.2) is 19.3 Å². The van der Waals surface area contributed by atoms with Crippen molar-refractivity contribution < 1.29 is 9.18 Å². The predicted octanol–water partition coefficient (Wildman–Crippen LogP) is 2.05. The average molecular weight is 283 g/mol. The fourth-order valence-corrected chi connectivity index (χ4v) is 1.74. The van der Waals surface area contributed by atoms with Crippen LogP contribution in [-0.4, -0.2) is 25.4 Å². The Balaban J connectivity index is 1.77. The molecule has 0 aliphatic heterocycles. The van der Waals surface area contributed by atoms with Crippen LogP contribution in [0.1, 0.15) is 10.4 Å². The minimum absolute atomic E-state index is 0.0313. The normalized spacial score (nSPS) is 10.3. The van der Waals surface area contributed by atoms with Crippen molar-refractivity contribution in [2.45, 2.75) is 0 Å². The second kappa shape index (κ2) is 5.49. The third-order valence-electron chi connectivity index (χ3n) is 2.75. The molecule has 0 atom stereocenters. The molecular formula is C14H10FN5O. The van der Waals surface area contributed by atoms with Crippen LogP contribution in [0.15, 0.2) is 55.4 Å². The van der Waals surface area contributed by atoms with Gasteiger partial charge >= 0.3 is 0 Å². The molecule has 3 aromatic rings. The lowest BCUT2D eigenvalue weighted by molar-refractivity contribution is 0.102. The van der Waals surface area contributed by atoms with Gasteiger partial charge in [-0.3, -0.25) is 9.36 Å². The zero-order valence-corrected chi connectivity index (χ0v) is 10.8. The first-order valence-corrected chi connectivity index (χ1v) is 6.10. The van der Waals surface area contributed by atoms with E-state index in [4.69, 9.17) is 0 Å². The molecule has 1 N–H and O–H groups in total. The van der Waals surface area contributed by atoms with Gasteiger partial charge in [-0.05, 0) is 12.1 Å². The van der Waals surface area contributed by atoms with E-state index >= 15 is 0 Å². The van der Waals surface area contributed by atoms with Gasteiger partial charge in [-0.15, -0.1) is 0 Å². The Bertz CT molecular complexity index is 755. The van der Waals surface area contributed by atoms with Crippen LogP contribution >= 0.6 is 0 Å². The summed E-state index contributed by atoms with van der Waals surface area (Å²) in [5, 5.41) is 2.54. The summed E-state index contributed by atoms with van der Waals surface area (Å²) < 4.78 is 15.1. The maximum Gasteiger partial charge on any atom is 0.258 e. The van der Waals surface area contributed by atoms with Crippen LogP contribution in [-0.2, 0) is 0 Å². The van der Waals surface area contributed by atoms with Crippen molar-refractivity contribution in [2.24, 2.45) is 0 Å². The highest BCUT2D eigenvalue weighted by Gasteiger charge is 2.11. The predicted molar refractivity (Wildman–Crippen MR) is 73.5 cm³/mol. The highest BCUT2D eigenvalue weighted by molar-refractivity contribution is 6.04. The molecule has 1 aromatic carbocycles. The molecule has 0 fully saturated rings. The fraction of sp³-hybridized carbons (Fsp3) is 0. The van der Waals surface area contributed by atoms with Gasteiger partial charge in [0.05, 0.1) is 23.6 Å². The van der Waals surface area contributed by atoms with E-state index < -0.39 is 11.7 Å². The van der Waals surface area contributed by atoms with E-state index in [1.165, 1.54) is 30.6 Å². The summed E-state index contributed by atoms with van der Waals surface area (Å²) in [4.78, 5) is 24.0. The molecule has 2 aromatic heterocycles. The van der Waals surface area contributed by atoms with Gasteiger partial charge in [0.15, 0.2) is 0 Å². The average Bonchev–Trinajstić information content (AvgIpc) is 3.02. The van der Waals surface area contributed by atoms with Gasteiger partial charge in [-0.2, -0.15) is 0 Å². The molecule has 0 bridgehead atoms. The summed E-state index contributed by atoms with van der Waals surface area (Å²) in [5.41, 5.74) is 0.350. The van der Waals surface area contributed by atoms with Crippen LogP contribution in [0.3, 0.4) is 0 Å². The molecule has 0 radical (unpaired) electrons. The number of hydrogen-bond donors (Lipinski definition) is 1. The minimum Gasteiger partial charge on any atom is -0.319 e. The smallest absolute Gasteiger partial charge is 0.258 e. The number of halogens is 1. The molecule has 2 heterocycles. The van der Waals surface area contributed by atoms with E-state index in [0.717, 1.165) is 0 Å². The number of hydrogen-bond acceptors (Lipinski definition) is 4. The minimum atomic E-state index is -0.578. The maximum atomic E-state index is 13.5. The van der Waals surface area contributed by atoms with Gasteiger partial charge in [0.2, 0.25) is 5.95 Å². The van der Waals surface area contributed by atoms with Crippen LogP contribution in [0.5, 0.6) is 0 Å². The van der Waals surface area contributed by atoms with E-state index in [9.17, 15) is 9.18 Å². The van der Waals surface area contributed by atoms with Gasteiger partial charge in [0.25, 0.3) is 5.91 Å². The number of anilines is 1. The van der Waals surface area contributed by atoms with E-state index in [1.54, 1.807) is 29.4 Å². The molecule has 104 valence electrons. The van der Waals surface area contributed by atoms with Crippen molar-refractivity contribution in [1.82, 2.24) is 19.5 Å². The number of aromatic nitrogens is 4. The lowest BCUT2D eigenvalue weighted by atomic mass is 10.2. The van der Waals surface area contributed by atoms with Gasteiger partial charge in [0, 0.05) is 12.4 Å². The Labute approximate surface area is 119 Å². The topological polar surface area (TPSA) is 72.7 Å². The largest absolute Gasteiger partial charge is 0.319 e. The van der Waals surface area contributed by atoms with E-state index in [2.05, 4.69) is 20.3 Å². The molecule has 3 rings (SSSR count). The molecule has 7 heteroatoms. The Morgan fingerprint density at radius 3 is 2.62 bits per heavy atom. The van der Waals surface area contributed by atoms with Crippen molar-refractivity contribution in [1.29, 1.82) is 0 Å². The van der Waals surface area contributed by atoms with Gasteiger partial charge in [-0.1, -0.05) is 12.1 Å². The first kappa shape index (κ1) is 12.9. The molecule has 0 spiro atoms. The molecule has 0 saturated carbocycles. The molecule has 21 heavy (non-hydrogen) atoms. The van der Waals surface area contributed by atoms with Crippen LogP contribution < -0.4 is 5.32 Å². The SMILES string of the molecule is O=C(Nc1cnc(-n2ccnc2)nc1)c1ccccc1F. The highest BCUT2D eigenvalue weighted by atomic mass is 19.1. The number of benzene rings is 1. The van der Waals surface area contributed by atoms with E-state index in [0.29, 0.717) is 11.6 Å². The summed E-state index contributed by atoms with van der Waals surface area (Å²) in [6, 6.07) is 5.75. The van der Waals surface area contributed by atoms with Crippen LogP contribution in [0.25, 0.3) is 5.95 Å². The standard InChI is InChI=1S/C14H10FN5O/c15-12-4-2-1-3-11(12)13(21)19-10-7-17-14(18-8-10)20-6-5-16-9-20/h1-9H,(H,19,21). The quantitative estimate of drug-likeness (QED) is 0.798. The third-order valence-corrected chi connectivity index (χ3v) is 2.75. The number of nitrogens with one attached hydrogen (secondary N) is 1. The van der Waals surface area contributed by atoms with Crippen molar-refractivity contribution >= 4 is 11.6 Å². The van der Waals surface area contributed by atoms with Crippen LogP contribution in [0.4, 0.5) is 10.1 Å². The molecule has 0 unspecified atom stereocenters. The molecule has 0 aliphatic carbocycles. The van der Waals surface area contributed by atoms with E-state index in [-0.39, 0.29) is 5.56 Å². The Morgan fingerprint density at radius 2 is 1.95 bits per heavy atom. The second-order valence-corrected chi connectivity index (χ2v) is 4.18. The molecular weight excluding hydrogens is 273 g/mol. The van der Waals surface area contributed by atoms with Crippen molar-refractivity contribution in [2.75, 3.05) is 5.32 Å². The zero-order chi connectivity index (χ0) is 14.7. The zero-order valence-electron chi connectivity index (χ0n) is 10.8. The number of carbonyl (C=O) groups is 1. The highest BCUT2D eigenvalue weighted by Crippen LogP contribution is 2.11. The Hall–Kier alpha value is -3.09. The first-order valence-electron chi connectivity index (χ1n) is 6.10. The number of imidazole rings is 1. The van der Waals surface area contributed by atoms with Crippen molar-refractivity contribution in [3.05, 3.63) is 66.8 Å². The van der Waals surface area contributed by atoms with Crippen LogP contribution in [0.2, 0.25) is 0 Å². The number of rotatable bonds is 3. The van der Waals surface area contributed by atoms with Crippen molar-refractivity contribution in [3.63, 3.8) is 0 Å². The Morgan fingerprint density at radius 1 is 1.19 bits per heavy atom. The fourth-order valence-electron chi connectivity index (χ4n) is 1.74. The summed E-state index contributed by atoms with van der Waals surface area (Å²) in [5.74, 6) is -0.700.